The first-order chi connectivity index (χ1) is 20.1. The van der Waals surface area contributed by atoms with Gasteiger partial charge >= 0.3 is 6.09 Å². The van der Waals surface area contributed by atoms with Crippen LogP contribution in [0.15, 0.2) is 79.5 Å². The summed E-state index contributed by atoms with van der Waals surface area (Å²) in [5, 5.41) is 9.16. The van der Waals surface area contributed by atoms with Crippen LogP contribution in [0, 0.1) is 0 Å². The maximum absolute atomic E-state index is 12.3. The third-order valence-electron chi connectivity index (χ3n) is 7.33. The minimum Gasteiger partial charge on any atom is -0.433 e. The van der Waals surface area contributed by atoms with Gasteiger partial charge in [-0.2, -0.15) is 0 Å². The normalized spacial score (nSPS) is 15.6. The van der Waals surface area contributed by atoms with Gasteiger partial charge in [0.25, 0.3) is 0 Å². The number of carbonyl (C=O) groups is 1. The van der Waals surface area contributed by atoms with Crippen molar-refractivity contribution in [1.29, 1.82) is 0 Å². The van der Waals surface area contributed by atoms with E-state index in [2.05, 4.69) is 54.4 Å². The molecule has 2 aromatic carbocycles. The van der Waals surface area contributed by atoms with Gasteiger partial charge in [0.1, 0.15) is 17.5 Å². The Morgan fingerprint density at radius 1 is 0.927 bits per heavy atom. The zero-order valence-corrected chi connectivity index (χ0v) is 23.0. The van der Waals surface area contributed by atoms with E-state index in [1.165, 1.54) is 6.33 Å². The highest BCUT2D eigenvalue weighted by Crippen LogP contribution is 2.37. The molecule has 0 unspecified atom stereocenters. The van der Waals surface area contributed by atoms with Crippen molar-refractivity contribution in [1.82, 2.24) is 44.3 Å². The first-order valence-electron chi connectivity index (χ1n) is 13.3. The molecule has 2 atom stereocenters. The van der Waals surface area contributed by atoms with E-state index in [0.29, 0.717) is 49.7 Å². The molecule has 2 N–H and O–H groups in total. The van der Waals surface area contributed by atoms with Crippen molar-refractivity contribution in [3.05, 3.63) is 96.3 Å². The number of benzene rings is 2. The molecule has 0 saturated carbocycles. The molecule has 1 aliphatic rings. The number of rotatable bonds is 8. The van der Waals surface area contributed by atoms with Crippen LogP contribution in [-0.2, 0) is 11.3 Å². The summed E-state index contributed by atoms with van der Waals surface area (Å²) < 4.78 is 8.83. The van der Waals surface area contributed by atoms with Gasteiger partial charge < -0.3 is 19.9 Å². The molecule has 1 amide bonds. The van der Waals surface area contributed by atoms with Gasteiger partial charge in [-0.15, -0.1) is 5.10 Å². The van der Waals surface area contributed by atoms with Gasteiger partial charge in [-0.05, 0) is 11.1 Å². The van der Waals surface area contributed by atoms with E-state index >= 15 is 0 Å². The van der Waals surface area contributed by atoms with Crippen molar-refractivity contribution in [2.24, 2.45) is 0 Å². The van der Waals surface area contributed by atoms with Gasteiger partial charge in [-0.25, -0.2) is 24.4 Å². The summed E-state index contributed by atoms with van der Waals surface area (Å²) in [6, 6.07) is 20.2. The Balaban J connectivity index is 1.35. The predicted octanol–water partition coefficient (Wildman–Crippen LogP) is 3.33. The van der Waals surface area contributed by atoms with E-state index in [9.17, 15) is 4.79 Å². The Hall–Kier alpha value is -4.55. The molecule has 13 heteroatoms. The van der Waals surface area contributed by atoms with Crippen LogP contribution in [-0.4, -0.2) is 82.7 Å². The first-order valence-corrected chi connectivity index (χ1v) is 13.8. The summed E-state index contributed by atoms with van der Waals surface area (Å²) in [6.45, 7) is 2.80. The maximum atomic E-state index is 12.3. The second kappa shape index (κ2) is 11.9. The standard InChI is InChI=1S/C28H29ClN10O2/c29-17-41-28(40)37-13-11-36(12-14-37)24(20-7-3-1-4-8-20)25(21-9-5-2-6-10-21)39-16-22(34-35-39)15-38-19-33-23-26(30)31-18-32-27(23)38/h1-10,16,18-19,24-25H,11-15,17H2,(H2,30,31,32)/t24-,25+/m0/s1. The molecule has 0 aliphatic carbocycles. The molecule has 12 nitrogen and oxygen atoms in total. The fourth-order valence-corrected chi connectivity index (χ4v) is 5.50. The number of amides is 1. The number of nitrogens with two attached hydrogens (primary N) is 1. The number of nitrogens with zero attached hydrogens (tertiary/aromatic N) is 9. The molecule has 1 aliphatic heterocycles. The highest BCUT2D eigenvalue weighted by molar-refractivity contribution is 6.17. The zero-order chi connectivity index (χ0) is 28.2. The largest absolute Gasteiger partial charge is 0.433 e. The molecular formula is C28H29ClN10O2. The third-order valence-corrected chi connectivity index (χ3v) is 7.44. The SMILES string of the molecule is Nc1ncnc2c1ncn2Cc1cn([C@H](c2ccccc2)[C@H](c2ccccc2)N2CCN(C(=O)OCCl)CC2)nn1. The second-order valence-electron chi connectivity index (χ2n) is 9.75. The average molecular weight is 573 g/mol. The number of anilines is 1. The van der Waals surface area contributed by atoms with Crippen LogP contribution >= 0.6 is 11.6 Å². The summed E-state index contributed by atoms with van der Waals surface area (Å²) >= 11 is 5.62. The van der Waals surface area contributed by atoms with Crippen molar-refractivity contribution in [3.63, 3.8) is 0 Å². The number of hydrogen-bond donors (Lipinski definition) is 1. The van der Waals surface area contributed by atoms with E-state index < -0.39 is 6.09 Å². The van der Waals surface area contributed by atoms with E-state index in [1.807, 2.05) is 51.8 Å². The van der Waals surface area contributed by atoms with E-state index in [1.54, 1.807) is 11.2 Å². The minimum absolute atomic E-state index is 0.0824. The van der Waals surface area contributed by atoms with Crippen molar-refractivity contribution >= 4 is 34.7 Å². The highest BCUT2D eigenvalue weighted by atomic mass is 35.5. The number of carbonyl (C=O) groups excluding carboxylic acids is 1. The van der Waals surface area contributed by atoms with Gasteiger partial charge in [-0.3, -0.25) is 4.90 Å². The van der Waals surface area contributed by atoms with Crippen LogP contribution in [0.5, 0.6) is 0 Å². The van der Waals surface area contributed by atoms with Gasteiger partial charge in [0.05, 0.1) is 31.2 Å². The summed E-state index contributed by atoms with van der Waals surface area (Å²) in [5.41, 5.74) is 10.2. The molecule has 1 saturated heterocycles. The first kappa shape index (κ1) is 26.7. The number of ether oxygens (including phenoxy) is 1. The highest BCUT2D eigenvalue weighted by Gasteiger charge is 2.35. The molecule has 210 valence electrons. The Kier molecular flexibility index (Phi) is 7.74. The molecular weight excluding hydrogens is 544 g/mol. The zero-order valence-electron chi connectivity index (χ0n) is 22.2. The predicted molar refractivity (Wildman–Crippen MR) is 153 cm³/mol. The minimum atomic E-state index is -0.393. The third kappa shape index (κ3) is 5.56. The van der Waals surface area contributed by atoms with Gasteiger partial charge in [-0.1, -0.05) is 77.5 Å². The molecule has 0 spiro atoms. The van der Waals surface area contributed by atoms with Crippen LogP contribution in [0.3, 0.4) is 0 Å². The molecule has 41 heavy (non-hydrogen) atoms. The van der Waals surface area contributed by atoms with Crippen molar-refractivity contribution in [2.45, 2.75) is 18.6 Å². The van der Waals surface area contributed by atoms with Gasteiger partial charge in [0.15, 0.2) is 17.5 Å². The molecule has 3 aromatic heterocycles. The maximum Gasteiger partial charge on any atom is 0.411 e. The molecule has 5 aromatic rings. The fourth-order valence-electron chi connectivity index (χ4n) is 5.40. The van der Waals surface area contributed by atoms with E-state index in [-0.39, 0.29) is 18.1 Å². The Bertz CT molecular complexity index is 1600. The number of nitrogen functional groups attached to an aromatic ring is 1. The number of aromatic nitrogens is 7. The van der Waals surface area contributed by atoms with Crippen molar-refractivity contribution < 1.29 is 9.53 Å². The van der Waals surface area contributed by atoms with Crippen molar-refractivity contribution in [2.75, 3.05) is 38.0 Å². The quantitative estimate of drug-likeness (QED) is 0.278. The topological polar surface area (TPSA) is 133 Å². The average Bonchev–Trinajstić information content (AvgIpc) is 3.65. The lowest BCUT2D eigenvalue weighted by atomic mass is 9.91. The Morgan fingerprint density at radius 2 is 1.61 bits per heavy atom. The number of halogens is 1. The summed E-state index contributed by atoms with van der Waals surface area (Å²) in [6.07, 6.45) is 4.69. The molecule has 4 heterocycles. The number of hydrogen-bond acceptors (Lipinski definition) is 9. The fraction of sp³-hybridized carbons (Fsp3) is 0.286. The molecule has 6 rings (SSSR count). The van der Waals surface area contributed by atoms with Crippen LogP contribution in [0.25, 0.3) is 11.2 Å². The van der Waals surface area contributed by atoms with E-state index in [0.717, 1.165) is 16.8 Å². The van der Waals surface area contributed by atoms with Gasteiger partial charge in [0, 0.05) is 26.2 Å². The number of alkyl halides is 1. The van der Waals surface area contributed by atoms with Crippen molar-refractivity contribution in [3.8, 4) is 0 Å². The lowest BCUT2D eigenvalue weighted by molar-refractivity contribution is 0.0606. The lowest BCUT2D eigenvalue weighted by Crippen LogP contribution is -2.51. The number of imidazole rings is 1. The number of piperazine rings is 1. The summed E-state index contributed by atoms with van der Waals surface area (Å²) in [7, 11) is 0. The second-order valence-corrected chi connectivity index (χ2v) is 9.97. The Morgan fingerprint density at radius 3 is 2.29 bits per heavy atom. The van der Waals surface area contributed by atoms with Crippen LogP contribution in [0.2, 0.25) is 0 Å². The van der Waals surface area contributed by atoms with Gasteiger partial charge in [0.2, 0.25) is 0 Å². The summed E-state index contributed by atoms with van der Waals surface area (Å²) in [5.74, 6) is 0.336. The molecule has 1 fully saturated rings. The Labute approximate surface area is 241 Å². The van der Waals surface area contributed by atoms with Crippen LogP contribution in [0.1, 0.15) is 28.9 Å². The van der Waals surface area contributed by atoms with Crippen LogP contribution in [0.4, 0.5) is 10.6 Å². The van der Waals surface area contributed by atoms with E-state index in [4.69, 9.17) is 22.1 Å². The van der Waals surface area contributed by atoms with Crippen LogP contribution < -0.4 is 5.73 Å². The molecule has 0 radical (unpaired) electrons. The number of fused-ring (bicyclic) bond motifs is 1. The monoisotopic (exact) mass is 572 g/mol. The summed E-state index contributed by atoms with van der Waals surface area (Å²) in [4.78, 5) is 29.1. The lowest BCUT2D eigenvalue weighted by Gasteiger charge is -2.42. The smallest absolute Gasteiger partial charge is 0.411 e. The molecule has 0 bridgehead atoms.